The zero-order chi connectivity index (χ0) is 12.0. The Morgan fingerprint density at radius 3 is 2.50 bits per heavy atom. The third-order valence-electron chi connectivity index (χ3n) is 3.87. The number of hydrogen-bond acceptors (Lipinski definition) is 2. The smallest absolute Gasteiger partial charge is 0.270 e. The van der Waals surface area contributed by atoms with Gasteiger partial charge in [-0.1, -0.05) is 0 Å². The number of rotatable bonds is 1. The lowest BCUT2D eigenvalue weighted by atomic mass is 10.0. The summed E-state index contributed by atoms with van der Waals surface area (Å²) in [5.74, 6) is 1.47. The molecule has 2 atom stereocenters. The maximum Gasteiger partial charge on any atom is 0.270 e. The van der Waals surface area contributed by atoms with Gasteiger partial charge in [0.1, 0.15) is 5.69 Å². The second-order valence-corrected chi connectivity index (χ2v) is 5.96. The van der Waals surface area contributed by atoms with E-state index in [-0.39, 0.29) is 18.3 Å². The lowest BCUT2D eigenvalue weighted by Gasteiger charge is -2.17. The molecule has 0 unspecified atom stereocenters. The monoisotopic (exact) mass is 333 g/mol. The summed E-state index contributed by atoms with van der Waals surface area (Å²) < 4.78 is 2.85. The molecule has 0 bridgehead atoms. The van der Waals surface area contributed by atoms with Gasteiger partial charge in [-0.15, -0.1) is 12.4 Å². The quantitative estimate of drug-likeness (QED) is 0.845. The molecule has 1 aromatic rings. The fourth-order valence-electron chi connectivity index (χ4n) is 2.92. The zero-order valence-corrected chi connectivity index (χ0v) is 12.6. The molecular weight excluding hydrogens is 318 g/mol. The Bertz CT molecular complexity index is 450. The predicted octanol–water partition coefficient (Wildman–Crippen LogP) is 1.50. The molecule has 3 rings (SSSR count). The van der Waals surface area contributed by atoms with Gasteiger partial charge in [0.15, 0.2) is 0 Å². The Kier molecular flexibility index (Phi) is 4.04. The fraction of sp³-hybridized carbons (Fsp3) is 0.583. The van der Waals surface area contributed by atoms with Crippen LogP contribution in [-0.2, 0) is 7.05 Å². The Hall–Kier alpha value is -0.520. The van der Waals surface area contributed by atoms with Crippen LogP contribution in [0.25, 0.3) is 0 Å². The molecule has 1 N–H and O–H groups in total. The van der Waals surface area contributed by atoms with Crippen LogP contribution in [0.3, 0.4) is 0 Å². The van der Waals surface area contributed by atoms with Gasteiger partial charge in [0, 0.05) is 43.9 Å². The molecule has 0 radical (unpaired) electrons. The Morgan fingerprint density at radius 1 is 1.39 bits per heavy atom. The standard InChI is InChI=1S/C12H16BrN3O.ClH/c1-15-7-10(13)2-11(15)12(17)16-5-8-3-14-4-9(8)6-16;/h2,7-9,14H,3-6H2,1H3;1H/t8-,9+;. The molecule has 0 aromatic carbocycles. The van der Waals surface area contributed by atoms with E-state index in [4.69, 9.17) is 0 Å². The van der Waals surface area contributed by atoms with Crippen molar-refractivity contribution >= 4 is 34.2 Å². The first-order valence-electron chi connectivity index (χ1n) is 5.97. The first kappa shape index (κ1) is 13.9. The third-order valence-corrected chi connectivity index (χ3v) is 4.30. The maximum atomic E-state index is 12.4. The van der Waals surface area contributed by atoms with Crippen LogP contribution in [0.15, 0.2) is 16.7 Å². The van der Waals surface area contributed by atoms with Crippen LogP contribution in [0.5, 0.6) is 0 Å². The Balaban J connectivity index is 0.00000120. The minimum Gasteiger partial charge on any atom is -0.345 e. The fourth-order valence-corrected chi connectivity index (χ4v) is 3.44. The number of carbonyl (C=O) groups is 1. The highest BCUT2D eigenvalue weighted by Crippen LogP contribution is 2.28. The number of fused-ring (bicyclic) bond motifs is 1. The molecule has 100 valence electrons. The molecule has 1 amide bonds. The summed E-state index contributed by atoms with van der Waals surface area (Å²) in [6.07, 6.45) is 1.92. The molecule has 0 spiro atoms. The van der Waals surface area contributed by atoms with E-state index in [2.05, 4.69) is 21.2 Å². The molecule has 2 fully saturated rings. The second-order valence-electron chi connectivity index (χ2n) is 5.04. The first-order valence-corrected chi connectivity index (χ1v) is 6.76. The number of aryl methyl sites for hydroxylation is 1. The largest absolute Gasteiger partial charge is 0.345 e. The van der Waals surface area contributed by atoms with Crippen molar-refractivity contribution in [3.05, 3.63) is 22.4 Å². The number of hydrogen-bond donors (Lipinski definition) is 1. The highest BCUT2D eigenvalue weighted by atomic mass is 79.9. The molecule has 2 aliphatic heterocycles. The van der Waals surface area contributed by atoms with Gasteiger partial charge in [0.2, 0.25) is 0 Å². The summed E-state index contributed by atoms with van der Waals surface area (Å²) in [4.78, 5) is 14.4. The lowest BCUT2D eigenvalue weighted by Crippen LogP contribution is -2.32. The van der Waals surface area contributed by atoms with Gasteiger partial charge in [-0.25, -0.2) is 0 Å². The van der Waals surface area contributed by atoms with E-state index in [0.29, 0.717) is 11.8 Å². The van der Waals surface area contributed by atoms with Crippen LogP contribution in [0, 0.1) is 11.8 Å². The van der Waals surface area contributed by atoms with Gasteiger partial charge in [0.05, 0.1) is 0 Å². The van der Waals surface area contributed by atoms with Crippen molar-refractivity contribution in [2.24, 2.45) is 18.9 Å². The van der Waals surface area contributed by atoms with Crippen LogP contribution in [-0.4, -0.2) is 41.6 Å². The number of nitrogens with zero attached hydrogens (tertiary/aromatic N) is 2. The van der Waals surface area contributed by atoms with Gasteiger partial charge in [-0.2, -0.15) is 0 Å². The highest BCUT2D eigenvalue weighted by Gasteiger charge is 2.38. The van der Waals surface area contributed by atoms with Crippen LogP contribution < -0.4 is 5.32 Å². The summed E-state index contributed by atoms with van der Waals surface area (Å²) in [5.41, 5.74) is 0.768. The van der Waals surface area contributed by atoms with Crippen molar-refractivity contribution < 1.29 is 4.79 Å². The van der Waals surface area contributed by atoms with E-state index >= 15 is 0 Å². The average Bonchev–Trinajstić information content (AvgIpc) is 2.90. The van der Waals surface area contributed by atoms with Gasteiger partial charge < -0.3 is 14.8 Å². The molecule has 6 heteroatoms. The van der Waals surface area contributed by atoms with Crippen molar-refractivity contribution in [1.29, 1.82) is 0 Å². The van der Waals surface area contributed by atoms with Crippen LogP contribution in [0.1, 0.15) is 10.5 Å². The predicted molar refractivity (Wildman–Crippen MR) is 76.1 cm³/mol. The summed E-state index contributed by atoms with van der Waals surface area (Å²) in [7, 11) is 1.91. The number of halogens is 2. The van der Waals surface area contributed by atoms with Gasteiger partial charge >= 0.3 is 0 Å². The third kappa shape index (κ3) is 2.31. The van der Waals surface area contributed by atoms with Crippen molar-refractivity contribution in [2.75, 3.05) is 26.2 Å². The Labute approximate surface area is 121 Å². The summed E-state index contributed by atoms with van der Waals surface area (Å²) >= 11 is 3.41. The second kappa shape index (κ2) is 5.23. The number of amides is 1. The normalized spacial score (nSPS) is 26.0. The van der Waals surface area contributed by atoms with Crippen molar-refractivity contribution in [2.45, 2.75) is 0 Å². The average molecular weight is 335 g/mol. The molecule has 2 saturated heterocycles. The molecular formula is C12H17BrClN3O. The minimum atomic E-state index is 0. The molecule has 0 aliphatic carbocycles. The van der Waals surface area contributed by atoms with Crippen LogP contribution >= 0.6 is 28.3 Å². The van der Waals surface area contributed by atoms with E-state index in [9.17, 15) is 4.79 Å². The first-order chi connectivity index (χ1) is 8.15. The SMILES string of the molecule is Cl.Cn1cc(Br)cc1C(=O)N1C[C@H]2CNC[C@H]2C1. The number of carbonyl (C=O) groups excluding carboxylic acids is 1. The lowest BCUT2D eigenvalue weighted by molar-refractivity contribution is 0.0772. The van der Waals surface area contributed by atoms with Crippen molar-refractivity contribution in [3.8, 4) is 0 Å². The highest BCUT2D eigenvalue weighted by molar-refractivity contribution is 9.10. The van der Waals surface area contributed by atoms with Gasteiger partial charge in [-0.3, -0.25) is 4.79 Å². The molecule has 1 aromatic heterocycles. The molecule has 4 nitrogen and oxygen atoms in total. The molecule has 0 saturated carbocycles. The van der Waals surface area contributed by atoms with E-state index in [0.717, 1.165) is 36.3 Å². The van der Waals surface area contributed by atoms with Crippen LogP contribution in [0.2, 0.25) is 0 Å². The topological polar surface area (TPSA) is 37.3 Å². The van der Waals surface area contributed by atoms with Crippen molar-refractivity contribution in [3.63, 3.8) is 0 Å². The molecule has 3 heterocycles. The number of aromatic nitrogens is 1. The van der Waals surface area contributed by atoms with Gasteiger partial charge in [0.25, 0.3) is 5.91 Å². The summed E-state index contributed by atoms with van der Waals surface area (Å²) in [6.45, 7) is 3.93. The van der Waals surface area contributed by atoms with E-state index in [1.165, 1.54) is 0 Å². The van der Waals surface area contributed by atoms with E-state index < -0.39 is 0 Å². The molecule has 2 aliphatic rings. The summed E-state index contributed by atoms with van der Waals surface area (Å²) in [6, 6.07) is 1.90. The maximum absolute atomic E-state index is 12.4. The summed E-state index contributed by atoms with van der Waals surface area (Å²) in [5, 5.41) is 3.39. The number of likely N-dealkylation sites (tertiary alicyclic amines) is 1. The molecule has 18 heavy (non-hydrogen) atoms. The van der Waals surface area contributed by atoms with Crippen molar-refractivity contribution in [1.82, 2.24) is 14.8 Å². The zero-order valence-electron chi connectivity index (χ0n) is 10.2. The van der Waals surface area contributed by atoms with E-state index in [1.54, 1.807) is 0 Å². The van der Waals surface area contributed by atoms with E-state index in [1.807, 2.05) is 28.8 Å². The number of nitrogens with one attached hydrogen (secondary N) is 1. The minimum absolute atomic E-state index is 0. The Morgan fingerprint density at radius 2 is 2.00 bits per heavy atom. The van der Waals surface area contributed by atoms with Crippen LogP contribution in [0.4, 0.5) is 0 Å². The van der Waals surface area contributed by atoms with Gasteiger partial charge in [-0.05, 0) is 33.8 Å².